The van der Waals surface area contributed by atoms with Gasteiger partial charge >= 0.3 is 0 Å². The highest BCUT2D eigenvalue weighted by atomic mass is 19.2. The monoisotopic (exact) mass is 1320 g/mol. The van der Waals surface area contributed by atoms with Crippen LogP contribution >= 0.6 is 0 Å². The van der Waals surface area contributed by atoms with E-state index in [2.05, 4.69) is 168 Å². The quantitative estimate of drug-likeness (QED) is 0.0694. The predicted octanol–water partition coefficient (Wildman–Crippen LogP) is 19.1. The van der Waals surface area contributed by atoms with Crippen molar-refractivity contribution in [1.29, 1.82) is 0 Å². The van der Waals surface area contributed by atoms with Crippen molar-refractivity contribution in [2.45, 2.75) is 131 Å². The second-order valence-electron chi connectivity index (χ2n) is 29.5. The van der Waals surface area contributed by atoms with Gasteiger partial charge in [0.05, 0.1) is 18.5 Å². The van der Waals surface area contributed by atoms with E-state index in [1.807, 2.05) is 30.3 Å². The third-order valence-electron chi connectivity index (χ3n) is 17.6. The topological polar surface area (TPSA) is 109 Å². The van der Waals surface area contributed by atoms with Crippen LogP contribution in [0.4, 0.5) is 26.3 Å². The van der Waals surface area contributed by atoms with Gasteiger partial charge in [-0.05, 0) is 77.8 Å². The molecule has 0 aliphatic rings. The van der Waals surface area contributed by atoms with Crippen LogP contribution in [0.5, 0.6) is 17.2 Å². The predicted molar refractivity (Wildman–Crippen MR) is 371 cm³/mol. The maximum Gasteiger partial charge on any atom is 0.224 e. The summed E-state index contributed by atoms with van der Waals surface area (Å²) in [6.45, 7) is 24.3. The molecule has 0 fully saturated rings. The minimum absolute atomic E-state index is 0.0406. The number of rotatable bonds is 20. The number of carbonyl (C=O) groups is 1. The molecule has 0 saturated carbocycles. The first kappa shape index (κ1) is 68.6. The van der Waals surface area contributed by atoms with Crippen LogP contribution in [-0.4, -0.2) is 67.7 Å². The lowest BCUT2D eigenvalue weighted by Crippen LogP contribution is -2.44. The highest BCUT2D eigenvalue weighted by molar-refractivity contribution is 6.03. The second-order valence-corrected chi connectivity index (χ2v) is 29.5. The summed E-state index contributed by atoms with van der Waals surface area (Å²) < 4.78 is 108. The van der Waals surface area contributed by atoms with E-state index in [9.17, 15) is 31.1 Å². The molecule has 0 spiro atoms. The fraction of sp³-hybridized carbons (Fsp3) is 0.312. The van der Waals surface area contributed by atoms with E-state index in [1.54, 1.807) is 16.7 Å². The largest absolute Gasteiger partial charge is 0.492 e. The van der Waals surface area contributed by atoms with Crippen molar-refractivity contribution in [2.24, 2.45) is 5.41 Å². The Balaban J connectivity index is 1.02. The molecular weight excluding hydrogens is 1240 g/mol. The van der Waals surface area contributed by atoms with Crippen molar-refractivity contribution in [3.8, 4) is 61.8 Å². The van der Waals surface area contributed by atoms with Gasteiger partial charge < -0.3 is 19.1 Å². The molecule has 1 amide bonds. The van der Waals surface area contributed by atoms with Gasteiger partial charge in [-0.1, -0.05) is 192 Å². The van der Waals surface area contributed by atoms with E-state index < -0.39 is 60.1 Å². The van der Waals surface area contributed by atoms with Gasteiger partial charge in [-0.15, -0.1) is 0 Å². The van der Waals surface area contributed by atoms with Gasteiger partial charge in [-0.2, -0.15) is 30.0 Å². The third kappa shape index (κ3) is 16.1. The van der Waals surface area contributed by atoms with Gasteiger partial charge in [0.2, 0.25) is 5.91 Å². The fourth-order valence-electron chi connectivity index (χ4n) is 11.9. The molecule has 2 aromatic heterocycles. The van der Waals surface area contributed by atoms with Crippen LogP contribution in [0.3, 0.4) is 0 Å². The van der Waals surface area contributed by atoms with Gasteiger partial charge in [0, 0.05) is 96.9 Å². The average molecular weight is 1320 g/mol. The summed E-state index contributed by atoms with van der Waals surface area (Å²) in [6.07, 6.45) is 0.0406. The highest BCUT2D eigenvalue weighted by Crippen LogP contribution is 2.42. The first-order valence-electron chi connectivity index (χ1n) is 32.5. The summed E-state index contributed by atoms with van der Waals surface area (Å²) >= 11 is 0. The molecular formula is C80H81F6N7O4. The maximum atomic E-state index is 14.9. The number of benzene rings is 9. The number of ether oxygens (including phenoxy) is 3. The normalized spacial score (nSPS) is 12.4. The lowest BCUT2D eigenvalue weighted by atomic mass is 9.84. The number of fused-ring (bicyclic) bond motifs is 2. The van der Waals surface area contributed by atoms with Gasteiger partial charge in [0.1, 0.15) is 94.0 Å². The van der Waals surface area contributed by atoms with Crippen LogP contribution in [0.2, 0.25) is 0 Å². The molecule has 11 nitrogen and oxygen atoms in total. The number of aryl methyl sites for hydroxylation is 1. The summed E-state index contributed by atoms with van der Waals surface area (Å²) in [4.78, 5) is 19.6. The van der Waals surface area contributed by atoms with Crippen LogP contribution in [0.1, 0.15) is 117 Å². The van der Waals surface area contributed by atoms with Gasteiger partial charge in [0.15, 0.2) is 0 Å². The zero-order valence-corrected chi connectivity index (χ0v) is 57.1. The number of aromatic nitrogens is 6. The minimum atomic E-state index is -1.62. The first-order chi connectivity index (χ1) is 45.7. The number of hydrogen-bond donors (Lipinski definition) is 0. The zero-order chi connectivity index (χ0) is 69.5. The van der Waals surface area contributed by atoms with Crippen LogP contribution in [-0.2, 0) is 46.1 Å². The molecule has 0 radical (unpaired) electrons. The molecule has 0 aliphatic carbocycles. The van der Waals surface area contributed by atoms with E-state index in [-0.39, 0.29) is 70.9 Å². The Hall–Kier alpha value is -9.77. The SMILES string of the molecule is CN(Cc1cc(-c2ccc(C(C)(C)C)cc2)c2nn(CC(COc3cc(F)cc(F)c3)(COc3cc(F)cc(F)c3)COc3cc(F)cc(F)c3)nc2c1-c1ccc(C(C)(C)C)cc1)C(=O)CCn1nc2c(-c3ccc(C(C)(C)C)cc3)ccc(-c3ccc(C(C)(C)C)cc3)c2n1. The Morgan fingerprint density at radius 2 is 0.701 bits per heavy atom. The molecule has 0 aliphatic heterocycles. The molecule has 11 aromatic rings. The minimum Gasteiger partial charge on any atom is -0.492 e. The van der Waals surface area contributed by atoms with Crippen LogP contribution < -0.4 is 14.2 Å². The molecule has 0 saturated heterocycles. The second kappa shape index (κ2) is 27.0. The van der Waals surface area contributed by atoms with Crippen molar-refractivity contribution in [3.63, 3.8) is 0 Å². The lowest BCUT2D eigenvalue weighted by Gasteiger charge is -2.32. The van der Waals surface area contributed by atoms with Crippen molar-refractivity contribution < 1.29 is 45.3 Å². The Labute approximate surface area is 563 Å². The molecule has 0 N–H and O–H groups in total. The molecule has 502 valence electrons. The van der Waals surface area contributed by atoms with Gasteiger partial charge in [-0.25, -0.2) is 26.3 Å². The van der Waals surface area contributed by atoms with Crippen LogP contribution in [0.15, 0.2) is 170 Å². The molecule has 0 unspecified atom stereocenters. The Morgan fingerprint density at radius 3 is 1.05 bits per heavy atom. The van der Waals surface area contributed by atoms with E-state index in [4.69, 9.17) is 34.6 Å². The van der Waals surface area contributed by atoms with Crippen molar-refractivity contribution in [1.82, 2.24) is 34.9 Å². The van der Waals surface area contributed by atoms with E-state index in [0.29, 0.717) is 51.4 Å². The summed E-state index contributed by atoms with van der Waals surface area (Å²) in [5, 5.41) is 20.8. The lowest BCUT2D eigenvalue weighted by molar-refractivity contribution is -0.130. The Kier molecular flexibility index (Phi) is 19.1. The number of carbonyl (C=O) groups excluding carboxylic acids is 1. The summed E-state index contributed by atoms with van der Waals surface area (Å²) in [6, 6.07) is 47.5. The average Bonchev–Trinajstić information content (AvgIpc) is 1.68. The number of hydrogen-bond acceptors (Lipinski definition) is 8. The number of halogens is 6. The first-order valence-corrected chi connectivity index (χ1v) is 32.5. The van der Waals surface area contributed by atoms with Gasteiger partial charge in [-0.3, -0.25) is 4.79 Å². The smallest absolute Gasteiger partial charge is 0.224 e. The summed E-state index contributed by atoms with van der Waals surface area (Å²) in [5.41, 5.74) is 12.1. The van der Waals surface area contributed by atoms with E-state index in [0.717, 1.165) is 86.5 Å². The van der Waals surface area contributed by atoms with E-state index in [1.165, 1.54) is 15.9 Å². The molecule has 17 heteroatoms. The fourth-order valence-corrected chi connectivity index (χ4v) is 11.9. The Morgan fingerprint density at radius 1 is 0.392 bits per heavy atom. The highest BCUT2D eigenvalue weighted by Gasteiger charge is 2.38. The molecule has 97 heavy (non-hydrogen) atoms. The zero-order valence-electron chi connectivity index (χ0n) is 57.1. The molecule has 0 atom stereocenters. The molecule has 2 heterocycles. The Bertz CT molecular complexity index is 4380. The van der Waals surface area contributed by atoms with Crippen molar-refractivity contribution >= 4 is 28.0 Å². The number of nitrogens with zero attached hydrogens (tertiary/aromatic N) is 7. The van der Waals surface area contributed by atoms with Crippen molar-refractivity contribution in [3.05, 3.63) is 233 Å². The van der Waals surface area contributed by atoms with Crippen molar-refractivity contribution in [2.75, 3.05) is 26.9 Å². The maximum absolute atomic E-state index is 14.9. The van der Waals surface area contributed by atoms with E-state index >= 15 is 0 Å². The van der Waals surface area contributed by atoms with Gasteiger partial charge in [0.25, 0.3) is 0 Å². The standard InChI is InChI=1S/C80H81F6N7O4/c1-76(2,3)54-22-14-49(15-23-54)67-30-31-68(50-16-24-55(25-17-50)77(4,5)6)73-72(67)87-92(88-73)33-32-70(94)91(13)44-53-34-69(51-18-26-56(27-19-51)78(7,8)9)74-75(71(53)52-20-28-57(29-21-52)79(10,11)12)90-93(89-74)45-80(46-95-64-38-58(81)35-59(82)39-64,47-96-65-40-60(83)36-61(84)41-65)48-97-66-42-62(85)37-63(86)43-66/h14-31,34-43H,32-33,44-48H2,1-13H3. The van der Waals surface area contributed by atoms with Crippen LogP contribution in [0, 0.1) is 40.3 Å². The molecule has 0 bridgehead atoms. The van der Waals surface area contributed by atoms with Crippen LogP contribution in [0.25, 0.3) is 66.6 Å². The summed E-state index contributed by atoms with van der Waals surface area (Å²) in [7, 11) is 1.76. The summed E-state index contributed by atoms with van der Waals surface area (Å²) in [5.74, 6) is -6.48. The molecule has 9 aromatic carbocycles. The number of amides is 1. The third-order valence-corrected chi connectivity index (χ3v) is 17.6. The molecule has 11 rings (SSSR count).